The summed E-state index contributed by atoms with van der Waals surface area (Å²) in [4.78, 5) is 26.9. The molecule has 0 saturated carbocycles. The van der Waals surface area contributed by atoms with E-state index < -0.39 is 16.8 Å². The van der Waals surface area contributed by atoms with Crippen LogP contribution in [0, 0.1) is 0 Å². The molecule has 0 atom stereocenters. The molecule has 1 aromatic heterocycles. The summed E-state index contributed by atoms with van der Waals surface area (Å²) in [5, 5.41) is 21.1. The fraction of sp³-hybridized carbons (Fsp3) is 0.353. The zero-order valence-electron chi connectivity index (χ0n) is 24.3. The van der Waals surface area contributed by atoms with E-state index in [0.29, 0.717) is 51.0 Å². The largest absolute Gasteiger partial charge is 0.508 e. The van der Waals surface area contributed by atoms with Crippen molar-refractivity contribution in [2.45, 2.75) is 78.6 Å². The third-order valence-electron chi connectivity index (χ3n) is 7.04. The number of benzene rings is 3. The van der Waals surface area contributed by atoms with Gasteiger partial charge in [-0.1, -0.05) is 54.9 Å². The predicted molar refractivity (Wildman–Crippen MR) is 159 cm³/mol. The van der Waals surface area contributed by atoms with Crippen LogP contribution in [0.2, 0.25) is 0 Å². The van der Waals surface area contributed by atoms with Gasteiger partial charge in [-0.05, 0) is 72.2 Å². The third kappa shape index (κ3) is 5.91. The zero-order chi connectivity index (χ0) is 29.4. The number of phenolic OH excluding ortho intramolecular Hbond substituents is 2. The van der Waals surface area contributed by atoms with Crippen LogP contribution in [0.4, 0.5) is 0 Å². The molecule has 0 amide bonds. The lowest BCUT2D eigenvalue weighted by Gasteiger charge is -2.27. The van der Waals surface area contributed by atoms with Gasteiger partial charge in [-0.2, -0.15) is 0 Å². The van der Waals surface area contributed by atoms with Crippen molar-refractivity contribution >= 4 is 16.9 Å². The molecule has 40 heavy (non-hydrogen) atoms. The minimum atomic E-state index is -0.573. The van der Waals surface area contributed by atoms with E-state index in [1.807, 2.05) is 41.5 Å². The van der Waals surface area contributed by atoms with E-state index in [2.05, 4.69) is 6.92 Å². The molecule has 4 aromatic rings. The first-order valence-corrected chi connectivity index (χ1v) is 13.7. The number of ether oxygens (including phenoxy) is 1. The number of esters is 1. The normalized spacial score (nSPS) is 12.1. The maximum atomic E-state index is 13.5. The zero-order valence-corrected chi connectivity index (χ0v) is 24.3. The fourth-order valence-electron chi connectivity index (χ4n) is 4.76. The second-order valence-electron chi connectivity index (χ2n) is 12.4. The van der Waals surface area contributed by atoms with E-state index >= 15 is 0 Å². The fourth-order valence-corrected chi connectivity index (χ4v) is 4.76. The molecular weight excluding hydrogens is 504 g/mol. The lowest BCUT2D eigenvalue weighted by Crippen LogP contribution is -2.20. The highest BCUT2D eigenvalue weighted by Crippen LogP contribution is 2.40. The van der Waals surface area contributed by atoms with Crippen LogP contribution in [0.5, 0.6) is 17.2 Å². The van der Waals surface area contributed by atoms with E-state index in [-0.39, 0.29) is 22.7 Å². The van der Waals surface area contributed by atoms with Crippen molar-refractivity contribution in [2.24, 2.45) is 0 Å². The minimum Gasteiger partial charge on any atom is -0.508 e. The Morgan fingerprint density at radius 1 is 0.875 bits per heavy atom. The summed E-state index contributed by atoms with van der Waals surface area (Å²) in [7, 11) is 0. The molecule has 0 bridgehead atoms. The van der Waals surface area contributed by atoms with Crippen LogP contribution in [-0.4, -0.2) is 16.2 Å². The summed E-state index contributed by atoms with van der Waals surface area (Å²) < 4.78 is 12.0. The van der Waals surface area contributed by atoms with Crippen LogP contribution >= 0.6 is 0 Å². The number of carbonyl (C=O) groups excluding carboxylic acids is 1. The van der Waals surface area contributed by atoms with Crippen molar-refractivity contribution in [1.82, 2.24) is 0 Å². The topological polar surface area (TPSA) is 97.0 Å². The van der Waals surface area contributed by atoms with Gasteiger partial charge in [-0.15, -0.1) is 0 Å². The van der Waals surface area contributed by atoms with E-state index in [1.54, 1.807) is 54.6 Å². The Hall–Kier alpha value is -4.06. The van der Waals surface area contributed by atoms with Gasteiger partial charge in [0.05, 0.1) is 10.9 Å². The van der Waals surface area contributed by atoms with Gasteiger partial charge in [0.2, 0.25) is 0 Å². The first kappa shape index (κ1) is 28.9. The number of carbonyl (C=O) groups is 1. The van der Waals surface area contributed by atoms with Crippen LogP contribution in [0.3, 0.4) is 0 Å². The highest BCUT2D eigenvalue weighted by molar-refractivity contribution is 5.93. The number of aromatic hydroxyl groups is 2. The highest BCUT2D eigenvalue weighted by atomic mass is 16.5. The van der Waals surface area contributed by atoms with Crippen molar-refractivity contribution < 1.29 is 24.2 Å². The summed E-state index contributed by atoms with van der Waals surface area (Å²) >= 11 is 0. The van der Waals surface area contributed by atoms with Gasteiger partial charge >= 0.3 is 5.97 Å². The number of unbranched alkanes of at least 4 members (excludes halogenated alkanes) is 1. The smallest absolute Gasteiger partial charge is 0.343 e. The van der Waals surface area contributed by atoms with Crippen molar-refractivity contribution in [3.8, 4) is 28.6 Å². The lowest BCUT2D eigenvalue weighted by atomic mass is 9.78. The Labute approximate surface area is 235 Å². The molecule has 6 heteroatoms. The van der Waals surface area contributed by atoms with E-state index in [0.717, 1.165) is 12.8 Å². The molecule has 1 heterocycles. The molecule has 2 N–H and O–H groups in total. The molecule has 0 aliphatic rings. The van der Waals surface area contributed by atoms with Crippen molar-refractivity contribution in [2.75, 3.05) is 0 Å². The van der Waals surface area contributed by atoms with Gasteiger partial charge in [-0.25, -0.2) is 4.79 Å². The molecule has 4 rings (SSSR count). The Balaban J connectivity index is 1.78. The lowest BCUT2D eigenvalue weighted by molar-refractivity contribution is 0.0734. The standard InChI is InChI=1S/C34H38O6/c1-8-9-10-25-29(36)24-16-15-23(19-28(24)40-31(25)20-11-13-22(35)14-12-20)39-32(38)21-17-26(33(2,3)4)30(37)27(18-21)34(5,6)7/h11-19,35,37H,8-10H2,1-7H3. The first-order chi connectivity index (χ1) is 18.7. The van der Waals surface area contributed by atoms with E-state index in [9.17, 15) is 19.8 Å². The van der Waals surface area contributed by atoms with Crippen LogP contribution in [0.15, 0.2) is 63.8 Å². The van der Waals surface area contributed by atoms with Crippen molar-refractivity contribution in [3.05, 3.63) is 87.1 Å². The molecule has 0 spiro atoms. The Morgan fingerprint density at radius 2 is 1.48 bits per heavy atom. The van der Waals surface area contributed by atoms with Crippen LogP contribution in [-0.2, 0) is 17.3 Å². The van der Waals surface area contributed by atoms with Gasteiger partial charge < -0.3 is 19.4 Å². The van der Waals surface area contributed by atoms with Crippen LogP contribution in [0.25, 0.3) is 22.3 Å². The average Bonchev–Trinajstić information content (AvgIpc) is 2.87. The Bertz CT molecular complexity index is 1580. The quantitative estimate of drug-likeness (QED) is 0.189. The Kier molecular flexibility index (Phi) is 7.84. The van der Waals surface area contributed by atoms with Crippen LogP contribution in [0.1, 0.15) is 88.4 Å². The molecule has 3 aromatic carbocycles. The number of hydrogen-bond acceptors (Lipinski definition) is 6. The molecule has 0 fully saturated rings. The number of fused-ring (bicyclic) bond motifs is 1. The molecular formula is C34H38O6. The summed E-state index contributed by atoms with van der Waals surface area (Å²) in [5.74, 6) is 0.411. The second kappa shape index (κ2) is 10.8. The molecule has 0 radical (unpaired) electrons. The minimum absolute atomic E-state index is 0.120. The highest BCUT2D eigenvalue weighted by Gasteiger charge is 2.28. The second-order valence-corrected chi connectivity index (χ2v) is 12.4. The van der Waals surface area contributed by atoms with E-state index in [1.165, 1.54) is 0 Å². The maximum Gasteiger partial charge on any atom is 0.343 e. The molecule has 0 saturated heterocycles. The first-order valence-electron chi connectivity index (χ1n) is 13.7. The number of hydrogen-bond donors (Lipinski definition) is 2. The molecule has 6 nitrogen and oxygen atoms in total. The summed E-state index contributed by atoms with van der Waals surface area (Å²) in [6.07, 6.45) is 2.32. The summed E-state index contributed by atoms with van der Waals surface area (Å²) in [6, 6.07) is 14.7. The van der Waals surface area contributed by atoms with E-state index in [4.69, 9.17) is 9.15 Å². The molecule has 210 valence electrons. The number of rotatable bonds is 6. The predicted octanol–water partition coefficient (Wildman–Crippen LogP) is 8.03. The van der Waals surface area contributed by atoms with Crippen molar-refractivity contribution in [3.63, 3.8) is 0 Å². The number of phenols is 2. The maximum absolute atomic E-state index is 13.5. The molecule has 0 aliphatic heterocycles. The average molecular weight is 543 g/mol. The SMILES string of the molecule is CCCCc1c(-c2ccc(O)cc2)oc2cc(OC(=O)c3cc(C(C)(C)C)c(O)c(C(C)(C)C)c3)ccc2c1=O. The van der Waals surface area contributed by atoms with Gasteiger partial charge in [-0.3, -0.25) is 4.79 Å². The van der Waals surface area contributed by atoms with Gasteiger partial charge in [0.25, 0.3) is 0 Å². The summed E-state index contributed by atoms with van der Waals surface area (Å²) in [6.45, 7) is 14.0. The van der Waals surface area contributed by atoms with Gasteiger partial charge in [0.15, 0.2) is 5.43 Å². The van der Waals surface area contributed by atoms with Crippen molar-refractivity contribution in [1.29, 1.82) is 0 Å². The molecule has 0 aliphatic carbocycles. The van der Waals surface area contributed by atoms with Crippen LogP contribution < -0.4 is 10.2 Å². The van der Waals surface area contributed by atoms with Gasteiger partial charge in [0, 0.05) is 28.3 Å². The monoisotopic (exact) mass is 542 g/mol. The Morgan fingerprint density at radius 3 is 2.02 bits per heavy atom. The van der Waals surface area contributed by atoms with Gasteiger partial charge in [0.1, 0.15) is 28.6 Å². The third-order valence-corrected chi connectivity index (χ3v) is 7.04. The summed E-state index contributed by atoms with van der Waals surface area (Å²) in [5.41, 5.74) is 2.30. The molecule has 0 unspecified atom stereocenters.